The van der Waals surface area contributed by atoms with E-state index in [1.54, 1.807) is 26.4 Å². The van der Waals surface area contributed by atoms with Crippen molar-refractivity contribution in [2.45, 2.75) is 26.2 Å². The zero-order chi connectivity index (χ0) is 20.8. The van der Waals surface area contributed by atoms with Crippen molar-refractivity contribution in [1.82, 2.24) is 14.9 Å². The Morgan fingerprint density at radius 2 is 1.80 bits per heavy atom. The summed E-state index contributed by atoms with van der Waals surface area (Å²) >= 11 is 0. The Balaban J connectivity index is 1.32. The number of likely N-dealkylation sites (tertiary alicyclic amines) is 1. The van der Waals surface area contributed by atoms with Crippen LogP contribution < -0.4 is 14.4 Å². The molecular formula is C23H28N4O3. The minimum atomic E-state index is 0.0190. The number of hydrogen-bond acceptors (Lipinski definition) is 6. The van der Waals surface area contributed by atoms with E-state index in [-0.39, 0.29) is 5.91 Å². The van der Waals surface area contributed by atoms with Gasteiger partial charge in [0.25, 0.3) is 5.91 Å². The van der Waals surface area contributed by atoms with Gasteiger partial charge >= 0.3 is 0 Å². The van der Waals surface area contributed by atoms with E-state index in [0.717, 1.165) is 50.7 Å². The smallest absolute Gasteiger partial charge is 0.257 e. The van der Waals surface area contributed by atoms with Crippen LogP contribution in [0.2, 0.25) is 0 Å². The van der Waals surface area contributed by atoms with E-state index in [0.29, 0.717) is 28.9 Å². The number of amides is 1. The molecule has 0 spiro atoms. The predicted octanol–water partition coefficient (Wildman–Crippen LogP) is 2.50. The van der Waals surface area contributed by atoms with Crippen LogP contribution in [-0.4, -0.2) is 61.2 Å². The van der Waals surface area contributed by atoms with E-state index in [1.807, 2.05) is 17.9 Å². The van der Waals surface area contributed by atoms with E-state index in [9.17, 15) is 4.79 Å². The molecule has 1 aromatic carbocycles. The molecular weight excluding hydrogens is 380 g/mol. The highest BCUT2D eigenvalue weighted by molar-refractivity contribution is 5.97. The van der Waals surface area contributed by atoms with Gasteiger partial charge in [0.1, 0.15) is 23.1 Å². The average molecular weight is 409 g/mol. The lowest BCUT2D eigenvalue weighted by atomic mass is 10.0. The molecule has 7 nitrogen and oxygen atoms in total. The van der Waals surface area contributed by atoms with Gasteiger partial charge in [-0.05, 0) is 44.4 Å². The molecule has 3 heterocycles. The summed E-state index contributed by atoms with van der Waals surface area (Å²) in [6, 6.07) is 5.38. The minimum Gasteiger partial charge on any atom is -0.497 e. The van der Waals surface area contributed by atoms with E-state index in [1.165, 1.54) is 17.7 Å². The molecule has 2 saturated heterocycles. The van der Waals surface area contributed by atoms with Crippen LogP contribution >= 0.6 is 0 Å². The van der Waals surface area contributed by atoms with E-state index >= 15 is 0 Å². The number of benzene rings is 1. The molecule has 2 fully saturated rings. The highest BCUT2D eigenvalue weighted by atomic mass is 16.5. The van der Waals surface area contributed by atoms with Crippen LogP contribution in [0.25, 0.3) is 0 Å². The number of aromatic nitrogens is 2. The second-order valence-corrected chi connectivity index (χ2v) is 8.57. The van der Waals surface area contributed by atoms with Crippen molar-refractivity contribution >= 4 is 11.7 Å². The zero-order valence-corrected chi connectivity index (χ0v) is 17.9. The Bertz CT molecular complexity index is 979. The number of ether oxygens (including phenoxy) is 2. The summed E-state index contributed by atoms with van der Waals surface area (Å²) in [5, 5.41) is 0. The Morgan fingerprint density at radius 1 is 1.03 bits per heavy atom. The first kappa shape index (κ1) is 19.2. The molecule has 2 atom stereocenters. The summed E-state index contributed by atoms with van der Waals surface area (Å²) in [6.07, 6.45) is 3.32. The molecule has 158 valence electrons. The SMILES string of the molecule is COc1ccc(OC)c(C(=O)N2CC3CN(c4nc(C)nc5c4CCC5)CC3C2)c1. The summed E-state index contributed by atoms with van der Waals surface area (Å²) < 4.78 is 10.7. The number of rotatable bonds is 4. The van der Waals surface area contributed by atoms with Crippen molar-refractivity contribution in [3.8, 4) is 11.5 Å². The maximum absolute atomic E-state index is 13.2. The van der Waals surface area contributed by atoms with Crippen molar-refractivity contribution in [2.24, 2.45) is 11.8 Å². The van der Waals surface area contributed by atoms with Gasteiger partial charge in [0, 0.05) is 49.3 Å². The minimum absolute atomic E-state index is 0.0190. The van der Waals surface area contributed by atoms with Gasteiger partial charge in [-0.1, -0.05) is 0 Å². The summed E-state index contributed by atoms with van der Waals surface area (Å²) in [6.45, 7) is 5.43. The first-order chi connectivity index (χ1) is 14.6. The van der Waals surface area contributed by atoms with Crippen molar-refractivity contribution in [3.05, 3.63) is 40.8 Å². The van der Waals surface area contributed by atoms with Gasteiger partial charge < -0.3 is 19.3 Å². The molecule has 5 rings (SSSR count). The summed E-state index contributed by atoms with van der Waals surface area (Å²) in [7, 11) is 3.20. The van der Waals surface area contributed by atoms with Crippen LogP contribution in [0.5, 0.6) is 11.5 Å². The average Bonchev–Trinajstić information content (AvgIpc) is 3.46. The van der Waals surface area contributed by atoms with Crippen molar-refractivity contribution < 1.29 is 14.3 Å². The van der Waals surface area contributed by atoms with Crippen LogP contribution in [-0.2, 0) is 12.8 Å². The van der Waals surface area contributed by atoms with Crippen molar-refractivity contribution in [1.29, 1.82) is 0 Å². The molecule has 2 aliphatic heterocycles. The quantitative estimate of drug-likeness (QED) is 0.774. The van der Waals surface area contributed by atoms with Gasteiger partial charge in [-0.25, -0.2) is 9.97 Å². The first-order valence-electron chi connectivity index (χ1n) is 10.7. The summed E-state index contributed by atoms with van der Waals surface area (Å²) in [5.74, 6) is 4.21. The highest BCUT2D eigenvalue weighted by Gasteiger charge is 2.43. The molecule has 0 bridgehead atoms. The molecule has 30 heavy (non-hydrogen) atoms. The number of anilines is 1. The number of aryl methyl sites for hydroxylation is 2. The zero-order valence-electron chi connectivity index (χ0n) is 17.9. The molecule has 0 N–H and O–H groups in total. The highest BCUT2D eigenvalue weighted by Crippen LogP contribution is 2.38. The Hall–Kier alpha value is -2.83. The fourth-order valence-electron chi connectivity index (χ4n) is 5.28. The molecule has 1 aromatic heterocycles. The largest absolute Gasteiger partial charge is 0.497 e. The van der Waals surface area contributed by atoms with Gasteiger partial charge in [0.05, 0.1) is 19.8 Å². The second kappa shape index (κ2) is 7.45. The molecule has 2 aromatic rings. The van der Waals surface area contributed by atoms with Gasteiger partial charge in [0.2, 0.25) is 0 Å². The first-order valence-corrected chi connectivity index (χ1v) is 10.7. The lowest BCUT2D eigenvalue weighted by Crippen LogP contribution is -2.34. The summed E-state index contributed by atoms with van der Waals surface area (Å²) in [5.41, 5.74) is 3.14. The van der Waals surface area contributed by atoms with Crippen LogP contribution in [0.3, 0.4) is 0 Å². The lowest BCUT2D eigenvalue weighted by molar-refractivity contribution is 0.0779. The third kappa shape index (κ3) is 3.16. The number of fused-ring (bicyclic) bond motifs is 2. The van der Waals surface area contributed by atoms with Gasteiger partial charge in [-0.15, -0.1) is 0 Å². The Morgan fingerprint density at radius 3 is 2.50 bits per heavy atom. The molecule has 1 aliphatic carbocycles. The molecule has 7 heteroatoms. The Labute approximate surface area is 177 Å². The Kier molecular flexibility index (Phi) is 4.76. The van der Waals surface area contributed by atoms with Crippen LogP contribution in [0.15, 0.2) is 18.2 Å². The topological polar surface area (TPSA) is 67.8 Å². The predicted molar refractivity (Wildman–Crippen MR) is 113 cm³/mol. The number of hydrogen-bond donors (Lipinski definition) is 0. The monoisotopic (exact) mass is 408 g/mol. The normalized spacial score (nSPS) is 22.2. The van der Waals surface area contributed by atoms with Crippen LogP contribution in [0.1, 0.15) is 33.9 Å². The van der Waals surface area contributed by atoms with Crippen LogP contribution in [0, 0.1) is 18.8 Å². The molecule has 2 unspecified atom stereocenters. The van der Waals surface area contributed by atoms with Crippen molar-refractivity contribution in [2.75, 3.05) is 45.3 Å². The lowest BCUT2D eigenvalue weighted by Gasteiger charge is -2.25. The number of carbonyl (C=O) groups is 1. The van der Waals surface area contributed by atoms with E-state index in [4.69, 9.17) is 14.5 Å². The number of carbonyl (C=O) groups excluding carboxylic acids is 1. The molecule has 3 aliphatic rings. The second-order valence-electron chi connectivity index (χ2n) is 8.57. The maximum atomic E-state index is 13.2. The van der Waals surface area contributed by atoms with Gasteiger partial charge in [0.15, 0.2) is 0 Å². The number of nitrogens with zero attached hydrogens (tertiary/aromatic N) is 4. The number of methoxy groups -OCH3 is 2. The fourth-order valence-corrected chi connectivity index (χ4v) is 5.28. The summed E-state index contributed by atoms with van der Waals surface area (Å²) in [4.78, 5) is 27.1. The van der Waals surface area contributed by atoms with E-state index in [2.05, 4.69) is 9.88 Å². The molecule has 1 amide bonds. The molecule has 0 radical (unpaired) electrons. The van der Waals surface area contributed by atoms with Crippen molar-refractivity contribution in [3.63, 3.8) is 0 Å². The van der Waals surface area contributed by atoms with Crippen LogP contribution in [0.4, 0.5) is 5.82 Å². The maximum Gasteiger partial charge on any atom is 0.257 e. The van der Waals surface area contributed by atoms with Gasteiger partial charge in [-0.2, -0.15) is 0 Å². The third-order valence-electron chi connectivity index (χ3n) is 6.73. The fraction of sp³-hybridized carbons (Fsp3) is 0.522. The molecule has 0 saturated carbocycles. The standard InChI is InChI=1S/C23H28N4O3/c1-14-24-20-6-4-5-18(20)22(25-14)26-10-15-12-27(13-16(15)11-26)23(28)19-9-17(29-2)7-8-21(19)30-3/h7-9,15-16H,4-6,10-13H2,1-3H3. The third-order valence-corrected chi connectivity index (χ3v) is 6.73. The van der Waals surface area contributed by atoms with E-state index < -0.39 is 0 Å². The van der Waals surface area contributed by atoms with Gasteiger partial charge in [-0.3, -0.25) is 4.79 Å².